The molecule has 0 aliphatic rings. The van der Waals surface area contributed by atoms with E-state index in [0.717, 1.165) is 16.9 Å². The summed E-state index contributed by atoms with van der Waals surface area (Å²) in [6.45, 7) is 3.68. The average Bonchev–Trinajstić information content (AvgIpc) is 2.58. The third-order valence-electron chi connectivity index (χ3n) is 2.76. The van der Waals surface area contributed by atoms with Gasteiger partial charge in [0.05, 0.1) is 17.5 Å². The first-order chi connectivity index (χ1) is 8.09. The van der Waals surface area contributed by atoms with Crippen LogP contribution in [0.1, 0.15) is 18.2 Å². The van der Waals surface area contributed by atoms with Crippen molar-refractivity contribution in [1.82, 2.24) is 9.78 Å². The minimum absolute atomic E-state index is 0.410. The van der Waals surface area contributed by atoms with Crippen molar-refractivity contribution in [2.24, 2.45) is 0 Å². The third kappa shape index (κ3) is 2.31. The quantitative estimate of drug-likeness (QED) is 0.844. The van der Waals surface area contributed by atoms with Crippen LogP contribution in [0.15, 0.2) is 30.3 Å². The summed E-state index contributed by atoms with van der Waals surface area (Å²) in [5.41, 5.74) is 8.75. The number of hydrogen-bond donors (Lipinski definition) is 2. The monoisotopic (exact) mass is 231 g/mol. The lowest BCUT2D eigenvalue weighted by molar-refractivity contribution is 0.194. The molecule has 0 amide bonds. The van der Waals surface area contributed by atoms with Crippen molar-refractivity contribution >= 4 is 5.82 Å². The van der Waals surface area contributed by atoms with Crippen LogP contribution in [-0.2, 0) is 6.42 Å². The van der Waals surface area contributed by atoms with Gasteiger partial charge in [-0.2, -0.15) is 5.10 Å². The Morgan fingerprint density at radius 2 is 2.00 bits per heavy atom. The summed E-state index contributed by atoms with van der Waals surface area (Å²) in [7, 11) is 0. The Bertz CT molecular complexity index is 503. The Kier molecular flexibility index (Phi) is 3.15. The standard InChI is InChI=1S/C13H17N3O/c1-9(17)8-12-10(2)13(14)16(15-12)11-6-4-3-5-7-11/h3-7,9,17H,8,14H2,1-2H3/t9-/m1/s1. The van der Waals surface area contributed by atoms with Crippen molar-refractivity contribution in [3.63, 3.8) is 0 Å². The fourth-order valence-corrected chi connectivity index (χ4v) is 1.80. The molecule has 2 rings (SSSR count). The van der Waals surface area contributed by atoms with Crippen LogP contribution in [0.4, 0.5) is 5.82 Å². The van der Waals surface area contributed by atoms with E-state index < -0.39 is 6.10 Å². The molecule has 1 atom stereocenters. The zero-order chi connectivity index (χ0) is 12.4. The van der Waals surface area contributed by atoms with Gasteiger partial charge in [-0.1, -0.05) is 18.2 Å². The second-order valence-electron chi connectivity index (χ2n) is 4.26. The van der Waals surface area contributed by atoms with Gasteiger partial charge < -0.3 is 10.8 Å². The van der Waals surface area contributed by atoms with Crippen LogP contribution in [-0.4, -0.2) is 21.0 Å². The Hall–Kier alpha value is -1.81. The summed E-state index contributed by atoms with van der Waals surface area (Å²) >= 11 is 0. The van der Waals surface area contributed by atoms with Gasteiger partial charge in [0.1, 0.15) is 5.82 Å². The second-order valence-corrected chi connectivity index (χ2v) is 4.26. The van der Waals surface area contributed by atoms with Gasteiger partial charge in [-0.15, -0.1) is 0 Å². The molecular weight excluding hydrogens is 214 g/mol. The predicted octanol–water partition coefficient (Wildman–Crippen LogP) is 1.69. The molecule has 0 saturated heterocycles. The molecule has 0 aliphatic heterocycles. The highest BCUT2D eigenvalue weighted by atomic mass is 16.3. The van der Waals surface area contributed by atoms with Gasteiger partial charge in [-0.05, 0) is 26.0 Å². The molecule has 0 bridgehead atoms. The Balaban J connectivity index is 2.43. The van der Waals surface area contributed by atoms with Crippen LogP contribution in [0.2, 0.25) is 0 Å². The maximum absolute atomic E-state index is 9.41. The van der Waals surface area contributed by atoms with E-state index in [9.17, 15) is 5.11 Å². The Labute approximate surface area is 101 Å². The molecule has 3 N–H and O–H groups in total. The minimum atomic E-state index is -0.410. The first-order valence-electron chi connectivity index (χ1n) is 5.67. The summed E-state index contributed by atoms with van der Waals surface area (Å²) in [6.07, 6.45) is 0.114. The fourth-order valence-electron chi connectivity index (χ4n) is 1.80. The molecule has 0 radical (unpaired) electrons. The van der Waals surface area contributed by atoms with Crippen molar-refractivity contribution in [2.75, 3.05) is 5.73 Å². The lowest BCUT2D eigenvalue weighted by Gasteiger charge is -2.03. The van der Waals surface area contributed by atoms with E-state index in [0.29, 0.717) is 12.2 Å². The van der Waals surface area contributed by atoms with Crippen molar-refractivity contribution in [3.05, 3.63) is 41.6 Å². The van der Waals surface area contributed by atoms with Gasteiger partial charge in [-0.3, -0.25) is 0 Å². The lowest BCUT2D eigenvalue weighted by Crippen LogP contribution is -2.06. The van der Waals surface area contributed by atoms with Crippen LogP contribution < -0.4 is 5.73 Å². The predicted molar refractivity (Wildman–Crippen MR) is 68.1 cm³/mol. The van der Waals surface area contributed by atoms with Crippen LogP contribution in [0, 0.1) is 6.92 Å². The van der Waals surface area contributed by atoms with Gasteiger partial charge in [0.25, 0.3) is 0 Å². The number of nitrogens with zero attached hydrogens (tertiary/aromatic N) is 2. The molecule has 4 heteroatoms. The summed E-state index contributed by atoms with van der Waals surface area (Å²) in [6, 6.07) is 9.75. The molecule has 4 nitrogen and oxygen atoms in total. The van der Waals surface area contributed by atoms with Crippen LogP contribution in [0.5, 0.6) is 0 Å². The number of nitrogen functional groups attached to an aromatic ring is 1. The molecule has 0 spiro atoms. The van der Waals surface area contributed by atoms with Gasteiger partial charge >= 0.3 is 0 Å². The smallest absolute Gasteiger partial charge is 0.130 e. The van der Waals surface area contributed by atoms with Crippen LogP contribution >= 0.6 is 0 Å². The SMILES string of the molecule is Cc1c(C[C@@H](C)O)nn(-c2ccccc2)c1N. The first-order valence-corrected chi connectivity index (χ1v) is 5.67. The molecule has 0 unspecified atom stereocenters. The van der Waals surface area contributed by atoms with E-state index in [1.807, 2.05) is 37.3 Å². The summed E-state index contributed by atoms with van der Waals surface area (Å²) in [5.74, 6) is 0.631. The molecule has 1 aromatic carbocycles. The number of nitrogens with two attached hydrogens (primary N) is 1. The number of aromatic nitrogens is 2. The van der Waals surface area contributed by atoms with Crippen LogP contribution in [0.3, 0.4) is 0 Å². The molecular formula is C13H17N3O. The Morgan fingerprint density at radius 3 is 2.59 bits per heavy atom. The number of para-hydroxylation sites is 1. The van der Waals surface area contributed by atoms with Gasteiger partial charge in [0, 0.05) is 12.0 Å². The van der Waals surface area contributed by atoms with E-state index >= 15 is 0 Å². The highest BCUT2D eigenvalue weighted by Gasteiger charge is 2.14. The highest BCUT2D eigenvalue weighted by molar-refractivity contribution is 5.49. The zero-order valence-electron chi connectivity index (χ0n) is 10.1. The van der Waals surface area contributed by atoms with E-state index in [2.05, 4.69) is 5.10 Å². The van der Waals surface area contributed by atoms with Crippen LogP contribution in [0.25, 0.3) is 5.69 Å². The number of benzene rings is 1. The largest absolute Gasteiger partial charge is 0.393 e. The number of anilines is 1. The molecule has 0 aliphatic carbocycles. The molecule has 1 aromatic heterocycles. The van der Waals surface area contributed by atoms with E-state index in [1.165, 1.54) is 0 Å². The van der Waals surface area contributed by atoms with E-state index in [-0.39, 0.29) is 0 Å². The van der Waals surface area contributed by atoms with Gasteiger partial charge in [0.2, 0.25) is 0 Å². The Morgan fingerprint density at radius 1 is 1.35 bits per heavy atom. The topological polar surface area (TPSA) is 64.1 Å². The van der Waals surface area contributed by atoms with Gasteiger partial charge in [-0.25, -0.2) is 4.68 Å². The van der Waals surface area contributed by atoms with Crippen molar-refractivity contribution in [2.45, 2.75) is 26.4 Å². The first kappa shape index (κ1) is 11.7. The maximum Gasteiger partial charge on any atom is 0.130 e. The molecule has 1 heterocycles. The van der Waals surface area contributed by atoms with E-state index in [4.69, 9.17) is 5.73 Å². The molecule has 0 fully saturated rings. The molecule has 90 valence electrons. The second kappa shape index (κ2) is 4.59. The maximum atomic E-state index is 9.41. The summed E-state index contributed by atoms with van der Waals surface area (Å²) < 4.78 is 1.72. The number of aliphatic hydroxyl groups is 1. The number of rotatable bonds is 3. The molecule has 17 heavy (non-hydrogen) atoms. The van der Waals surface area contributed by atoms with Crippen molar-refractivity contribution < 1.29 is 5.11 Å². The average molecular weight is 231 g/mol. The summed E-state index contributed by atoms with van der Waals surface area (Å²) in [4.78, 5) is 0. The zero-order valence-corrected chi connectivity index (χ0v) is 10.1. The molecule has 2 aromatic rings. The number of hydrogen-bond acceptors (Lipinski definition) is 3. The van der Waals surface area contributed by atoms with E-state index in [1.54, 1.807) is 11.6 Å². The van der Waals surface area contributed by atoms with Gasteiger partial charge in [0.15, 0.2) is 0 Å². The normalized spacial score (nSPS) is 12.6. The lowest BCUT2D eigenvalue weighted by atomic mass is 10.1. The highest BCUT2D eigenvalue weighted by Crippen LogP contribution is 2.20. The third-order valence-corrected chi connectivity index (χ3v) is 2.76. The van der Waals surface area contributed by atoms with Crippen molar-refractivity contribution in [1.29, 1.82) is 0 Å². The fraction of sp³-hybridized carbons (Fsp3) is 0.308. The van der Waals surface area contributed by atoms with Crippen molar-refractivity contribution in [3.8, 4) is 5.69 Å². The summed E-state index contributed by atoms with van der Waals surface area (Å²) in [5, 5.41) is 13.9. The minimum Gasteiger partial charge on any atom is -0.393 e. The number of aliphatic hydroxyl groups excluding tert-OH is 1. The molecule has 0 saturated carbocycles.